The minimum Gasteiger partial charge on any atom is -0.389 e. The maximum atomic E-state index is 9.68. The van der Waals surface area contributed by atoms with Gasteiger partial charge in [0.25, 0.3) is 0 Å². The minimum atomic E-state index is -0.626. The van der Waals surface area contributed by atoms with E-state index in [9.17, 15) is 5.11 Å². The van der Waals surface area contributed by atoms with Crippen LogP contribution in [-0.2, 0) is 0 Å². The summed E-state index contributed by atoms with van der Waals surface area (Å²) in [5, 5.41) is 9.68. The van der Waals surface area contributed by atoms with Crippen LogP contribution in [0.1, 0.15) is 34.1 Å². The van der Waals surface area contributed by atoms with Gasteiger partial charge in [0.05, 0.1) is 5.60 Å². The standard InChI is InChI=1S/C10H24N2O/c1-5-9(7-11)12(6-2)8-10(3,4)13/h9,13H,5-8,11H2,1-4H3. The molecule has 0 aliphatic carbocycles. The van der Waals surface area contributed by atoms with Crippen LogP contribution in [0.25, 0.3) is 0 Å². The lowest BCUT2D eigenvalue weighted by Crippen LogP contribution is -2.47. The number of rotatable bonds is 6. The van der Waals surface area contributed by atoms with Crippen molar-refractivity contribution in [1.82, 2.24) is 4.90 Å². The van der Waals surface area contributed by atoms with Gasteiger partial charge in [0, 0.05) is 19.1 Å². The second-order valence-corrected chi connectivity index (χ2v) is 4.17. The van der Waals surface area contributed by atoms with Gasteiger partial charge in [-0.25, -0.2) is 0 Å². The first-order valence-electron chi connectivity index (χ1n) is 5.11. The van der Waals surface area contributed by atoms with E-state index < -0.39 is 5.60 Å². The van der Waals surface area contributed by atoms with Crippen molar-refractivity contribution in [3.8, 4) is 0 Å². The SMILES string of the molecule is CCC(CN)N(CC)CC(C)(C)O. The molecule has 0 bridgehead atoms. The molecule has 0 heterocycles. The molecule has 0 fully saturated rings. The zero-order valence-corrected chi connectivity index (χ0v) is 9.38. The van der Waals surface area contributed by atoms with E-state index in [0.717, 1.165) is 13.0 Å². The van der Waals surface area contributed by atoms with Gasteiger partial charge in [-0.3, -0.25) is 4.90 Å². The van der Waals surface area contributed by atoms with Crippen molar-refractivity contribution < 1.29 is 5.11 Å². The van der Waals surface area contributed by atoms with E-state index in [2.05, 4.69) is 18.7 Å². The largest absolute Gasteiger partial charge is 0.389 e. The molecule has 0 amide bonds. The molecule has 0 spiro atoms. The molecule has 3 nitrogen and oxygen atoms in total. The molecule has 0 aromatic heterocycles. The van der Waals surface area contributed by atoms with Crippen LogP contribution in [0.15, 0.2) is 0 Å². The van der Waals surface area contributed by atoms with Crippen LogP contribution in [-0.4, -0.2) is 41.3 Å². The summed E-state index contributed by atoms with van der Waals surface area (Å²) in [6.45, 7) is 10.2. The molecule has 1 atom stereocenters. The average molecular weight is 188 g/mol. The summed E-state index contributed by atoms with van der Waals surface area (Å²) in [6, 6.07) is 0.399. The number of hydrogen-bond acceptors (Lipinski definition) is 3. The summed E-state index contributed by atoms with van der Waals surface area (Å²) in [5.74, 6) is 0. The second-order valence-electron chi connectivity index (χ2n) is 4.17. The molecule has 3 heteroatoms. The molecule has 0 saturated carbocycles. The maximum absolute atomic E-state index is 9.68. The Labute approximate surface area is 81.9 Å². The third-order valence-electron chi connectivity index (χ3n) is 2.26. The van der Waals surface area contributed by atoms with Gasteiger partial charge in [-0.05, 0) is 26.8 Å². The number of nitrogens with two attached hydrogens (primary N) is 1. The molecular formula is C10H24N2O. The highest BCUT2D eigenvalue weighted by Gasteiger charge is 2.21. The first kappa shape index (κ1) is 12.9. The second kappa shape index (κ2) is 5.58. The highest BCUT2D eigenvalue weighted by atomic mass is 16.3. The molecule has 0 aromatic rings. The van der Waals surface area contributed by atoms with Gasteiger partial charge in [-0.1, -0.05) is 13.8 Å². The molecule has 3 N–H and O–H groups in total. The van der Waals surface area contributed by atoms with Crippen molar-refractivity contribution in [2.24, 2.45) is 5.73 Å². The number of likely N-dealkylation sites (N-methyl/N-ethyl adjacent to an activating group) is 1. The number of aliphatic hydroxyl groups is 1. The molecule has 1 unspecified atom stereocenters. The van der Waals surface area contributed by atoms with E-state index >= 15 is 0 Å². The Balaban J connectivity index is 4.15. The fraction of sp³-hybridized carbons (Fsp3) is 1.00. The first-order chi connectivity index (χ1) is 5.94. The van der Waals surface area contributed by atoms with Crippen LogP contribution in [0, 0.1) is 0 Å². The molecular weight excluding hydrogens is 164 g/mol. The number of nitrogens with zero attached hydrogens (tertiary/aromatic N) is 1. The topological polar surface area (TPSA) is 49.5 Å². The van der Waals surface area contributed by atoms with E-state index in [4.69, 9.17) is 5.73 Å². The van der Waals surface area contributed by atoms with Gasteiger partial charge in [-0.2, -0.15) is 0 Å². The molecule has 0 aliphatic rings. The summed E-state index contributed by atoms with van der Waals surface area (Å²) in [5.41, 5.74) is 5.03. The first-order valence-corrected chi connectivity index (χ1v) is 5.11. The summed E-state index contributed by atoms with van der Waals surface area (Å²) in [6.07, 6.45) is 1.04. The summed E-state index contributed by atoms with van der Waals surface area (Å²) < 4.78 is 0. The van der Waals surface area contributed by atoms with Gasteiger partial charge in [0.15, 0.2) is 0 Å². The van der Waals surface area contributed by atoms with Crippen LogP contribution >= 0.6 is 0 Å². The van der Waals surface area contributed by atoms with Crippen LogP contribution in [0.3, 0.4) is 0 Å². The van der Waals surface area contributed by atoms with Crippen molar-refractivity contribution in [3.05, 3.63) is 0 Å². The van der Waals surface area contributed by atoms with Crippen LogP contribution in [0.5, 0.6) is 0 Å². The monoisotopic (exact) mass is 188 g/mol. The smallest absolute Gasteiger partial charge is 0.0718 e. The van der Waals surface area contributed by atoms with Gasteiger partial charge < -0.3 is 10.8 Å². The molecule has 0 aliphatic heterocycles. The Morgan fingerprint density at radius 1 is 1.38 bits per heavy atom. The van der Waals surface area contributed by atoms with E-state index in [0.29, 0.717) is 19.1 Å². The van der Waals surface area contributed by atoms with E-state index in [-0.39, 0.29) is 0 Å². The van der Waals surface area contributed by atoms with E-state index in [1.807, 2.05) is 13.8 Å². The van der Waals surface area contributed by atoms with Crippen LogP contribution in [0.4, 0.5) is 0 Å². The average Bonchev–Trinajstić information content (AvgIpc) is 2.02. The fourth-order valence-corrected chi connectivity index (χ4v) is 1.57. The molecule has 13 heavy (non-hydrogen) atoms. The Morgan fingerprint density at radius 2 is 1.92 bits per heavy atom. The Morgan fingerprint density at radius 3 is 2.15 bits per heavy atom. The van der Waals surface area contributed by atoms with Crippen molar-refractivity contribution in [2.45, 2.75) is 45.8 Å². The Kier molecular flexibility index (Phi) is 5.53. The minimum absolute atomic E-state index is 0.399. The highest BCUT2D eigenvalue weighted by molar-refractivity contribution is 4.77. The molecule has 0 aromatic carbocycles. The summed E-state index contributed by atoms with van der Waals surface area (Å²) >= 11 is 0. The van der Waals surface area contributed by atoms with Crippen molar-refractivity contribution >= 4 is 0 Å². The zero-order valence-electron chi connectivity index (χ0n) is 9.38. The molecule has 0 saturated heterocycles. The van der Waals surface area contributed by atoms with Gasteiger partial charge in [0.1, 0.15) is 0 Å². The van der Waals surface area contributed by atoms with Crippen molar-refractivity contribution in [2.75, 3.05) is 19.6 Å². The third kappa shape index (κ3) is 5.24. The molecule has 0 rings (SSSR count). The van der Waals surface area contributed by atoms with Gasteiger partial charge >= 0.3 is 0 Å². The van der Waals surface area contributed by atoms with E-state index in [1.165, 1.54) is 0 Å². The van der Waals surface area contributed by atoms with Crippen molar-refractivity contribution in [1.29, 1.82) is 0 Å². The summed E-state index contributed by atoms with van der Waals surface area (Å²) in [7, 11) is 0. The van der Waals surface area contributed by atoms with Crippen molar-refractivity contribution in [3.63, 3.8) is 0 Å². The van der Waals surface area contributed by atoms with Gasteiger partial charge in [0.2, 0.25) is 0 Å². The normalized spacial score (nSPS) is 15.0. The Bertz CT molecular complexity index is 127. The lowest BCUT2D eigenvalue weighted by atomic mass is 10.1. The lowest BCUT2D eigenvalue weighted by Gasteiger charge is -2.33. The highest BCUT2D eigenvalue weighted by Crippen LogP contribution is 2.09. The summed E-state index contributed by atoms with van der Waals surface area (Å²) in [4.78, 5) is 2.24. The molecule has 80 valence electrons. The van der Waals surface area contributed by atoms with E-state index in [1.54, 1.807) is 0 Å². The number of hydrogen-bond donors (Lipinski definition) is 2. The van der Waals surface area contributed by atoms with Crippen LogP contribution < -0.4 is 5.73 Å². The zero-order chi connectivity index (χ0) is 10.5. The predicted molar refractivity (Wildman–Crippen MR) is 56.7 cm³/mol. The Hall–Kier alpha value is -0.120. The lowest BCUT2D eigenvalue weighted by molar-refractivity contribution is 0.0232. The predicted octanol–water partition coefficient (Wildman–Crippen LogP) is 0.816. The fourth-order valence-electron chi connectivity index (χ4n) is 1.57. The maximum Gasteiger partial charge on any atom is 0.0718 e. The van der Waals surface area contributed by atoms with Crippen LogP contribution in [0.2, 0.25) is 0 Å². The quantitative estimate of drug-likeness (QED) is 0.649. The molecule has 0 radical (unpaired) electrons. The third-order valence-corrected chi connectivity index (χ3v) is 2.26. The van der Waals surface area contributed by atoms with Gasteiger partial charge in [-0.15, -0.1) is 0 Å².